The highest BCUT2D eigenvalue weighted by Crippen LogP contribution is 2.32. The van der Waals surface area contributed by atoms with Crippen molar-refractivity contribution in [3.8, 4) is 11.5 Å². The average Bonchev–Trinajstić information content (AvgIpc) is 2.98. The Hall–Kier alpha value is -4.05. The number of para-hydroxylation sites is 1. The van der Waals surface area contributed by atoms with Gasteiger partial charge in [-0.15, -0.1) is 0 Å². The maximum atomic E-state index is 14.0. The Bertz CT molecular complexity index is 1430. The Labute approximate surface area is 243 Å². The first-order chi connectivity index (χ1) is 19.6. The SMILES string of the molecule is CCCCNC(=O)[C@@H](C)N(Cc1ccccc1C)C(=O)CN(c1ccccc1)S(=O)(=O)c1ccc(OC)c(OC)c1. The van der Waals surface area contributed by atoms with Gasteiger partial charge in [-0.1, -0.05) is 55.8 Å². The number of aryl methyl sites for hydroxylation is 1. The van der Waals surface area contributed by atoms with E-state index in [1.165, 1.54) is 37.3 Å². The van der Waals surface area contributed by atoms with E-state index in [1.54, 1.807) is 37.3 Å². The Morgan fingerprint density at radius 2 is 1.59 bits per heavy atom. The highest BCUT2D eigenvalue weighted by atomic mass is 32.2. The number of carbonyl (C=O) groups excluding carboxylic acids is 2. The first-order valence-corrected chi connectivity index (χ1v) is 15.0. The van der Waals surface area contributed by atoms with Crippen LogP contribution in [0.4, 0.5) is 5.69 Å². The van der Waals surface area contributed by atoms with Gasteiger partial charge in [-0.05, 0) is 55.7 Å². The number of nitrogens with zero attached hydrogens (tertiary/aromatic N) is 2. The summed E-state index contributed by atoms with van der Waals surface area (Å²) in [6, 6.07) is 19.5. The molecule has 0 aromatic heterocycles. The summed E-state index contributed by atoms with van der Waals surface area (Å²) in [5, 5.41) is 2.89. The molecule has 0 aliphatic rings. The molecule has 9 nitrogen and oxygen atoms in total. The van der Waals surface area contributed by atoms with Crippen molar-refractivity contribution in [2.45, 2.75) is 51.1 Å². The number of carbonyl (C=O) groups is 2. The molecule has 10 heteroatoms. The van der Waals surface area contributed by atoms with Crippen molar-refractivity contribution in [2.24, 2.45) is 0 Å². The van der Waals surface area contributed by atoms with E-state index in [4.69, 9.17) is 9.47 Å². The fourth-order valence-corrected chi connectivity index (χ4v) is 5.75. The Morgan fingerprint density at radius 1 is 0.927 bits per heavy atom. The lowest BCUT2D eigenvalue weighted by Crippen LogP contribution is -2.51. The van der Waals surface area contributed by atoms with E-state index in [9.17, 15) is 18.0 Å². The Kier molecular flexibility index (Phi) is 11.2. The van der Waals surface area contributed by atoms with Crippen molar-refractivity contribution in [3.63, 3.8) is 0 Å². The summed E-state index contributed by atoms with van der Waals surface area (Å²) in [4.78, 5) is 28.5. The fourth-order valence-electron chi connectivity index (χ4n) is 4.32. The number of methoxy groups -OCH3 is 2. The molecule has 3 aromatic carbocycles. The van der Waals surface area contributed by atoms with Gasteiger partial charge in [0, 0.05) is 19.2 Å². The first kappa shape index (κ1) is 31.5. The minimum absolute atomic E-state index is 0.0670. The molecular formula is C31H39N3O6S. The van der Waals surface area contributed by atoms with E-state index in [1.807, 2.05) is 38.1 Å². The zero-order valence-electron chi connectivity index (χ0n) is 24.3. The number of hydrogen-bond donors (Lipinski definition) is 1. The summed E-state index contributed by atoms with van der Waals surface area (Å²) in [6.07, 6.45) is 1.73. The molecule has 0 spiro atoms. The van der Waals surface area contributed by atoms with E-state index < -0.39 is 28.5 Å². The molecule has 0 saturated heterocycles. The predicted molar refractivity (Wildman–Crippen MR) is 160 cm³/mol. The molecule has 0 aliphatic heterocycles. The number of ether oxygens (including phenoxy) is 2. The van der Waals surface area contributed by atoms with Crippen LogP contribution >= 0.6 is 0 Å². The molecule has 3 rings (SSSR count). The number of anilines is 1. The van der Waals surface area contributed by atoms with E-state index >= 15 is 0 Å². The number of rotatable bonds is 14. The molecule has 0 radical (unpaired) electrons. The van der Waals surface area contributed by atoms with Crippen LogP contribution in [0.5, 0.6) is 11.5 Å². The van der Waals surface area contributed by atoms with E-state index in [-0.39, 0.29) is 23.1 Å². The highest BCUT2D eigenvalue weighted by Gasteiger charge is 2.33. The largest absolute Gasteiger partial charge is 0.493 e. The number of benzene rings is 3. The monoisotopic (exact) mass is 581 g/mol. The normalized spacial score (nSPS) is 11.8. The molecule has 0 heterocycles. The van der Waals surface area contributed by atoms with E-state index in [0.717, 1.165) is 28.3 Å². The maximum Gasteiger partial charge on any atom is 0.264 e. The van der Waals surface area contributed by atoms with Crippen molar-refractivity contribution in [2.75, 3.05) is 31.6 Å². The average molecular weight is 582 g/mol. The van der Waals surface area contributed by atoms with Crippen LogP contribution in [0.15, 0.2) is 77.7 Å². The summed E-state index contributed by atoms with van der Waals surface area (Å²) < 4.78 is 39.7. The molecule has 1 N–H and O–H groups in total. The van der Waals surface area contributed by atoms with Gasteiger partial charge in [0.2, 0.25) is 11.8 Å². The van der Waals surface area contributed by atoms with Crippen molar-refractivity contribution >= 4 is 27.5 Å². The van der Waals surface area contributed by atoms with Gasteiger partial charge in [0.1, 0.15) is 12.6 Å². The van der Waals surface area contributed by atoms with Crippen LogP contribution in [0.2, 0.25) is 0 Å². The molecule has 3 aromatic rings. The number of nitrogens with one attached hydrogen (secondary N) is 1. The first-order valence-electron chi connectivity index (χ1n) is 13.6. The van der Waals surface area contributed by atoms with Crippen LogP contribution in [-0.4, -0.2) is 58.5 Å². The third kappa shape index (κ3) is 7.79. The Morgan fingerprint density at radius 3 is 2.22 bits per heavy atom. The van der Waals surface area contributed by atoms with Gasteiger partial charge in [-0.25, -0.2) is 8.42 Å². The molecule has 0 aliphatic carbocycles. The third-order valence-electron chi connectivity index (χ3n) is 6.86. The number of hydrogen-bond acceptors (Lipinski definition) is 6. The third-order valence-corrected chi connectivity index (χ3v) is 8.63. The van der Waals surface area contributed by atoms with Crippen LogP contribution < -0.4 is 19.1 Å². The highest BCUT2D eigenvalue weighted by molar-refractivity contribution is 7.92. The van der Waals surface area contributed by atoms with Crippen LogP contribution in [-0.2, 0) is 26.2 Å². The van der Waals surface area contributed by atoms with Crippen molar-refractivity contribution in [3.05, 3.63) is 83.9 Å². The fraction of sp³-hybridized carbons (Fsp3) is 0.355. The molecule has 0 saturated carbocycles. The minimum atomic E-state index is -4.24. The quantitative estimate of drug-likeness (QED) is 0.280. The van der Waals surface area contributed by atoms with Crippen LogP contribution in [0.25, 0.3) is 0 Å². The summed E-state index contributed by atoms with van der Waals surface area (Å²) in [7, 11) is -1.35. The topological polar surface area (TPSA) is 105 Å². The van der Waals surface area contributed by atoms with E-state index in [0.29, 0.717) is 18.0 Å². The standard InChI is InChI=1S/C31H39N3O6S/c1-6-7-19-32-31(36)24(3)33(21-25-14-12-11-13-23(25)2)30(35)22-34(26-15-9-8-10-16-26)41(37,38)27-17-18-28(39-4)29(20-27)40-5/h8-18,20,24H,6-7,19,21-22H2,1-5H3,(H,32,36)/t24-/m1/s1. The lowest BCUT2D eigenvalue weighted by molar-refractivity contribution is -0.139. The van der Waals surface area contributed by atoms with Gasteiger partial charge >= 0.3 is 0 Å². The summed E-state index contributed by atoms with van der Waals surface area (Å²) in [6.45, 7) is 5.75. The summed E-state index contributed by atoms with van der Waals surface area (Å²) in [5.74, 6) is -0.193. The van der Waals surface area contributed by atoms with Crippen molar-refractivity contribution < 1.29 is 27.5 Å². The molecule has 2 amide bonds. The second kappa shape index (κ2) is 14.5. The van der Waals surface area contributed by atoms with Crippen LogP contribution in [0, 0.1) is 6.92 Å². The minimum Gasteiger partial charge on any atom is -0.493 e. The number of amides is 2. The molecular weight excluding hydrogens is 542 g/mol. The second-order valence-electron chi connectivity index (χ2n) is 9.63. The van der Waals surface area contributed by atoms with Gasteiger partial charge in [0.25, 0.3) is 10.0 Å². The molecule has 41 heavy (non-hydrogen) atoms. The van der Waals surface area contributed by atoms with Gasteiger partial charge in [0.15, 0.2) is 11.5 Å². The number of sulfonamides is 1. The van der Waals surface area contributed by atoms with Crippen LogP contribution in [0.3, 0.4) is 0 Å². The zero-order chi connectivity index (χ0) is 30.0. The van der Waals surface area contributed by atoms with Crippen molar-refractivity contribution in [1.82, 2.24) is 10.2 Å². The van der Waals surface area contributed by atoms with Crippen LogP contribution in [0.1, 0.15) is 37.8 Å². The molecule has 0 fully saturated rings. The zero-order valence-corrected chi connectivity index (χ0v) is 25.1. The lowest BCUT2D eigenvalue weighted by atomic mass is 10.1. The van der Waals surface area contributed by atoms with Gasteiger partial charge < -0.3 is 19.7 Å². The summed E-state index contributed by atoms with van der Waals surface area (Å²) in [5.41, 5.74) is 2.14. The Balaban J connectivity index is 2.02. The van der Waals surface area contributed by atoms with Gasteiger partial charge in [0.05, 0.1) is 24.8 Å². The van der Waals surface area contributed by atoms with Crippen molar-refractivity contribution in [1.29, 1.82) is 0 Å². The smallest absolute Gasteiger partial charge is 0.264 e. The van der Waals surface area contributed by atoms with Gasteiger partial charge in [-0.3, -0.25) is 13.9 Å². The maximum absolute atomic E-state index is 14.0. The van der Waals surface area contributed by atoms with E-state index in [2.05, 4.69) is 5.32 Å². The summed E-state index contributed by atoms with van der Waals surface area (Å²) >= 11 is 0. The predicted octanol–water partition coefficient (Wildman–Crippen LogP) is 4.54. The molecule has 0 unspecified atom stereocenters. The molecule has 1 atom stereocenters. The number of unbranched alkanes of at least 4 members (excludes halogenated alkanes) is 1. The lowest BCUT2D eigenvalue weighted by Gasteiger charge is -2.32. The van der Waals surface area contributed by atoms with Gasteiger partial charge in [-0.2, -0.15) is 0 Å². The molecule has 220 valence electrons. The molecule has 0 bridgehead atoms. The second-order valence-corrected chi connectivity index (χ2v) is 11.5.